The maximum Gasteiger partial charge on any atom is 0.311 e. The van der Waals surface area contributed by atoms with Gasteiger partial charge in [0.05, 0.1) is 4.92 Å². The molecule has 0 spiro atoms. The first-order chi connectivity index (χ1) is 9.61. The minimum atomic E-state index is -0.341. The van der Waals surface area contributed by atoms with Gasteiger partial charge in [0.2, 0.25) is 5.82 Å². The van der Waals surface area contributed by atoms with Crippen molar-refractivity contribution in [2.75, 3.05) is 31.1 Å². The van der Waals surface area contributed by atoms with Gasteiger partial charge in [-0.2, -0.15) is 0 Å². The lowest BCUT2D eigenvalue weighted by atomic mass is 9.96. The summed E-state index contributed by atoms with van der Waals surface area (Å²) < 4.78 is 0. The van der Waals surface area contributed by atoms with Gasteiger partial charge < -0.3 is 10.2 Å². The van der Waals surface area contributed by atoms with Crippen molar-refractivity contribution in [2.45, 2.75) is 26.7 Å². The van der Waals surface area contributed by atoms with Crippen LogP contribution in [0.4, 0.5) is 11.5 Å². The normalized spacial score (nSPS) is 16.4. The molecule has 0 aromatic carbocycles. The zero-order valence-corrected chi connectivity index (χ0v) is 12.1. The Kier molecular flexibility index (Phi) is 4.89. The van der Waals surface area contributed by atoms with Gasteiger partial charge >= 0.3 is 5.69 Å². The highest BCUT2D eigenvalue weighted by molar-refractivity contribution is 5.58. The molecular weight excluding hydrogens is 256 g/mol. The molecule has 6 heteroatoms. The highest BCUT2D eigenvalue weighted by Crippen LogP contribution is 2.29. The Labute approximate surface area is 119 Å². The average Bonchev–Trinajstić information content (AvgIpc) is 2.45. The highest BCUT2D eigenvalue weighted by Gasteiger charge is 2.25. The summed E-state index contributed by atoms with van der Waals surface area (Å²) in [6, 6.07) is 3.25. The number of nitrogens with zero attached hydrogens (tertiary/aromatic N) is 3. The number of piperidine rings is 1. The van der Waals surface area contributed by atoms with Crippen molar-refractivity contribution in [3.63, 3.8) is 0 Å². The fraction of sp³-hybridized carbons (Fsp3) is 0.643. The number of aryl methyl sites for hydroxylation is 1. The van der Waals surface area contributed by atoms with Gasteiger partial charge in [-0.3, -0.25) is 10.1 Å². The standard InChI is InChI=1S/C14H22N4O2/c1-3-15-10-12-6-8-17(9-7-12)14-13(18(19)20)5-4-11(2)16-14/h4-5,12,15H,3,6-10H2,1-2H3. The predicted octanol–water partition coefficient (Wildman–Crippen LogP) is 2.12. The molecule has 110 valence electrons. The summed E-state index contributed by atoms with van der Waals surface area (Å²) in [5.41, 5.74) is 0.932. The molecule has 20 heavy (non-hydrogen) atoms. The molecule has 0 atom stereocenters. The predicted molar refractivity (Wildman–Crippen MR) is 79.1 cm³/mol. The summed E-state index contributed by atoms with van der Waals surface area (Å²) in [7, 11) is 0. The Morgan fingerprint density at radius 3 is 2.75 bits per heavy atom. The first kappa shape index (κ1) is 14.7. The molecule has 1 aromatic heterocycles. The van der Waals surface area contributed by atoms with E-state index in [-0.39, 0.29) is 10.6 Å². The maximum absolute atomic E-state index is 11.1. The van der Waals surface area contributed by atoms with Crippen LogP contribution < -0.4 is 10.2 Å². The first-order valence-corrected chi connectivity index (χ1v) is 7.19. The third-order valence-corrected chi connectivity index (χ3v) is 3.79. The van der Waals surface area contributed by atoms with Crippen LogP contribution in [0.25, 0.3) is 0 Å². The van der Waals surface area contributed by atoms with Crippen molar-refractivity contribution in [1.29, 1.82) is 0 Å². The lowest BCUT2D eigenvalue weighted by molar-refractivity contribution is -0.384. The van der Waals surface area contributed by atoms with E-state index in [1.165, 1.54) is 0 Å². The molecule has 1 aliphatic heterocycles. The number of aromatic nitrogens is 1. The smallest absolute Gasteiger partial charge is 0.311 e. The molecular formula is C14H22N4O2. The largest absolute Gasteiger partial charge is 0.351 e. The van der Waals surface area contributed by atoms with Crippen LogP contribution in [-0.4, -0.2) is 36.1 Å². The number of hydrogen-bond donors (Lipinski definition) is 1. The van der Waals surface area contributed by atoms with Crippen LogP contribution >= 0.6 is 0 Å². The van der Waals surface area contributed by atoms with E-state index in [1.54, 1.807) is 12.1 Å². The van der Waals surface area contributed by atoms with E-state index in [2.05, 4.69) is 17.2 Å². The van der Waals surface area contributed by atoms with E-state index in [9.17, 15) is 10.1 Å². The Bertz CT molecular complexity index is 470. The van der Waals surface area contributed by atoms with Crippen molar-refractivity contribution in [1.82, 2.24) is 10.3 Å². The quantitative estimate of drug-likeness (QED) is 0.660. The molecule has 2 rings (SSSR count). The maximum atomic E-state index is 11.1. The van der Waals surface area contributed by atoms with Crippen LogP contribution in [0.3, 0.4) is 0 Å². The fourth-order valence-electron chi connectivity index (χ4n) is 2.61. The molecule has 0 amide bonds. The molecule has 1 saturated heterocycles. The van der Waals surface area contributed by atoms with Crippen LogP contribution in [0.2, 0.25) is 0 Å². The minimum Gasteiger partial charge on any atom is -0.351 e. The number of hydrogen-bond acceptors (Lipinski definition) is 5. The Balaban J connectivity index is 2.06. The van der Waals surface area contributed by atoms with Crippen LogP contribution in [0.1, 0.15) is 25.5 Å². The number of nitro groups is 1. The minimum absolute atomic E-state index is 0.112. The van der Waals surface area contributed by atoms with Crippen LogP contribution in [0.5, 0.6) is 0 Å². The molecule has 0 saturated carbocycles. The van der Waals surface area contributed by atoms with Gasteiger partial charge in [0, 0.05) is 24.8 Å². The Hall–Kier alpha value is -1.69. The molecule has 0 bridgehead atoms. The lowest BCUT2D eigenvalue weighted by Crippen LogP contribution is -2.38. The van der Waals surface area contributed by atoms with Gasteiger partial charge in [-0.15, -0.1) is 0 Å². The van der Waals surface area contributed by atoms with Gasteiger partial charge in [0.1, 0.15) is 0 Å². The SMILES string of the molecule is CCNCC1CCN(c2nc(C)ccc2[N+](=O)[O-])CC1. The summed E-state index contributed by atoms with van der Waals surface area (Å²) in [6.45, 7) is 7.68. The third-order valence-electron chi connectivity index (χ3n) is 3.79. The van der Waals surface area contributed by atoms with Gasteiger partial charge in [0.15, 0.2) is 0 Å². The van der Waals surface area contributed by atoms with E-state index in [4.69, 9.17) is 0 Å². The fourth-order valence-corrected chi connectivity index (χ4v) is 2.61. The molecule has 1 aliphatic rings. The highest BCUT2D eigenvalue weighted by atomic mass is 16.6. The summed E-state index contributed by atoms with van der Waals surface area (Å²) in [4.78, 5) is 17.2. The van der Waals surface area contributed by atoms with Gasteiger partial charge in [-0.1, -0.05) is 6.92 Å². The lowest BCUT2D eigenvalue weighted by Gasteiger charge is -2.32. The molecule has 0 unspecified atom stereocenters. The van der Waals surface area contributed by atoms with Crippen molar-refractivity contribution in [3.8, 4) is 0 Å². The van der Waals surface area contributed by atoms with E-state index in [0.29, 0.717) is 11.7 Å². The van der Waals surface area contributed by atoms with E-state index in [0.717, 1.165) is 44.7 Å². The summed E-state index contributed by atoms with van der Waals surface area (Å²) in [5.74, 6) is 1.19. The molecule has 1 N–H and O–H groups in total. The van der Waals surface area contributed by atoms with E-state index in [1.807, 2.05) is 11.8 Å². The molecule has 2 heterocycles. The first-order valence-electron chi connectivity index (χ1n) is 7.19. The second kappa shape index (κ2) is 6.65. The van der Waals surface area contributed by atoms with Crippen molar-refractivity contribution in [3.05, 3.63) is 27.9 Å². The van der Waals surface area contributed by atoms with Crippen molar-refractivity contribution in [2.24, 2.45) is 5.92 Å². The average molecular weight is 278 g/mol. The summed E-state index contributed by atoms with van der Waals surface area (Å²) >= 11 is 0. The van der Waals surface area contributed by atoms with E-state index < -0.39 is 0 Å². The molecule has 6 nitrogen and oxygen atoms in total. The number of rotatable bonds is 5. The second-order valence-corrected chi connectivity index (χ2v) is 5.29. The number of anilines is 1. The summed E-state index contributed by atoms with van der Waals surface area (Å²) in [5, 5.41) is 14.5. The molecule has 1 fully saturated rings. The monoisotopic (exact) mass is 278 g/mol. The van der Waals surface area contributed by atoms with Crippen LogP contribution in [0.15, 0.2) is 12.1 Å². The van der Waals surface area contributed by atoms with Gasteiger partial charge in [-0.05, 0) is 44.8 Å². The number of pyridine rings is 1. The molecule has 0 aliphatic carbocycles. The molecule has 0 radical (unpaired) electrons. The Morgan fingerprint density at radius 1 is 1.45 bits per heavy atom. The van der Waals surface area contributed by atoms with E-state index >= 15 is 0 Å². The molecule has 1 aromatic rings. The van der Waals surface area contributed by atoms with Crippen LogP contribution in [0, 0.1) is 23.0 Å². The van der Waals surface area contributed by atoms with Crippen LogP contribution in [-0.2, 0) is 0 Å². The zero-order valence-electron chi connectivity index (χ0n) is 12.1. The number of nitrogens with one attached hydrogen (secondary N) is 1. The zero-order chi connectivity index (χ0) is 14.5. The van der Waals surface area contributed by atoms with Gasteiger partial charge in [0.25, 0.3) is 0 Å². The second-order valence-electron chi connectivity index (χ2n) is 5.29. The Morgan fingerprint density at radius 2 is 2.15 bits per heavy atom. The van der Waals surface area contributed by atoms with Gasteiger partial charge in [-0.25, -0.2) is 4.98 Å². The topological polar surface area (TPSA) is 71.3 Å². The summed E-state index contributed by atoms with van der Waals surface area (Å²) in [6.07, 6.45) is 2.11. The third kappa shape index (κ3) is 3.45. The van der Waals surface area contributed by atoms with Crippen molar-refractivity contribution >= 4 is 11.5 Å². The van der Waals surface area contributed by atoms with Crippen molar-refractivity contribution < 1.29 is 4.92 Å².